The Balaban J connectivity index is 1.71. The molecule has 0 saturated carbocycles. The van der Waals surface area contributed by atoms with Gasteiger partial charge in [-0.1, -0.05) is 24.3 Å². The molecule has 130 valence electrons. The number of aryl methyl sites for hydroxylation is 1. The average molecular weight is 347 g/mol. The van der Waals surface area contributed by atoms with Crippen molar-refractivity contribution in [3.8, 4) is 29.2 Å². The van der Waals surface area contributed by atoms with Crippen molar-refractivity contribution in [1.82, 2.24) is 4.57 Å². The summed E-state index contributed by atoms with van der Waals surface area (Å²) < 4.78 is 18.5. The molecule has 0 atom stereocenters. The van der Waals surface area contributed by atoms with E-state index < -0.39 is 0 Å². The first kappa shape index (κ1) is 15.9. The van der Waals surface area contributed by atoms with Crippen molar-refractivity contribution in [3.63, 3.8) is 0 Å². The Hall–Kier alpha value is -3.59. The lowest BCUT2D eigenvalue weighted by Crippen LogP contribution is -2.06. The molecule has 1 aliphatic rings. The molecule has 3 aromatic rings. The molecule has 1 aliphatic heterocycles. The van der Waals surface area contributed by atoms with E-state index in [1.807, 2.05) is 31.2 Å². The van der Waals surface area contributed by atoms with Crippen LogP contribution in [0.2, 0.25) is 0 Å². The van der Waals surface area contributed by atoms with Gasteiger partial charge in [-0.05, 0) is 30.2 Å². The first-order valence-corrected chi connectivity index (χ1v) is 8.17. The second kappa shape index (κ2) is 6.37. The van der Waals surface area contributed by atoms with Gasteiger partial charge in [0.25, 0.3) is 0 Å². The molecular weight excluding hydrogens is 330 g/mol. The highest BCUT2D eigenvalue weighted by atomic mass is 16.7. The third-order valence-electron chi connectivity index (χ3n) is 4.34. The predicted molar refractivity (Wildman–Crippen MR) is 96.5 cm³/mol. The minimum Gasteiger partial charge on any atom is -0.454 e. The quantitative estimate of drug-likeness (QED) is 0.776. The van der Waals surface area contributed by atoms with Crippen LogP contribution in [0.3, 0.4) is 0 Å². The van der Waals surface area contributed by atoms with E-state index in [4.69, 9.17) is 19.9 Å². The summed E-state index contributed by atoms with van der Waals surface area (Å²) in [7, 11) is 0. The number of nitrogens with zero attached hydrogens (tertiary/aromatic N) is 2. The fourth-order valence-electron chi connectivity index (χ4n) is 2.93. The van der Waals surface area contributed by atoms with Crippen molar-refractivity contribution in [1.29, 1.82) is 5.26 Å². The Morgan fingerprint density at radius 2 is 1.96 bits per heavy atom. The number of hydrogen-bond acceptors (Lipinski definition) is 5. The van der Waals surface area contributed by atoms with Gasteiger partial charge in [0.1, 0.15) is 17.5 Å². The zero-order chi connectivity index (χ0) is 18.1. The summed E-state index contributed by atoms with van der Waals surface area (Å²) in [6.45, 7) is 2.72. The fourth-order valence-corrected chi connectivity index (χ4v) is 2.93. The number of hydrogen-bond donors (Lipinski definition) is 1. The lowest BCUT2D eigenvalue weighted by atomic mass is 10.1. The standard InChI is InChI=1S/C20H17N3O3/c1-13-4-2-3-5-14(13)11-23-15(10-21)8-17(22)20(23)26-16-6-7-18-19(9-16)25-12-24-18/h2-9H,11-12,22H2,1H3. The molecule has 4 rings (SSSR count). The summed E-state index contributed by atoms with van der Waals surface area (Å²) in [5, 5.41) is 9.48. The molecule has 0 unspecified atom stereocenters. The first-order chi connectivity index (χ1) is 12.7. The third-order valence-corrected chi connectivity index (χ3v) is 4.34. The Bertz CT molecular complexity index is 1020. The molecular formula is C20H17N3O3. The molecule has 0 saturated heterocycles. The maximum Gasteiger partial charge on any atom is 0.231 e. The summed E-state index contributed by atoms with van der Waals surface area (Å²) in [5.41, 5.74) is 9.20. The van der Waals surface area contributed by atoms with Crippen molar-refractivity contribution in [2.24, 2.45) is 0 Å². The highest BCUT2D eigenvalue weighted by Crippen LogP contribution is 2.38. The number of fused-ring (bicyclic) bond motifs is 1. The summed E-state index contributed by atoms with van der Waals surface area (Å²) in [4.78, 5) is 0. The SMILES string of the molecule is Cc1ccccc1Cn1c(C#N)cc(N)c1Oc1ccc2c(c1)OCO2. The minimum absolute atomic E-state index is 0.198. The molecule has 1 aromatic heterocycles. The molecule has 0 radical (unpaired) electrons. The Morgan fingerprint density at radius 1 is 1.15 bits per heavy atom. The molecule has 0 amide bonds. The lowest BCUT2D eigenvalue weighted by Gasteiger charge is -2.14. The molecule has 0 aliphatic carbocycles. The Labute approximate surface area is 150 Å². The zero-order valence-corrected chi connectivity index (χ0v) is 14.2. The van der Waals surface area contributed by atoms with Gasteiger partial charge in [0, 0.05) is 12.1 Å². The number of aromatic nitrogens is 1. The van der Waals surface area contributed by atoms with E-state index in [2.05, 4.69) is 6.07 Å². The maximum absolute atomic E-state index is 9.48. The summed E-state index contributed by atoms with van der Waals surface area (Å²) in [6, 6.07) is 17.1. The largest absolute Gasteiger partial charge is 0.454 e. The van der Waals surface area contributed by atoms with E-state index in [9.17, 15) is 5.26 Å². The predicted octanol–water partition coefficient (Wildman–Crippen LogP) is 3.82. The minimum atomic E-state index is 0.198. The van der Waals surface area contributed by atoms with Gasteiger partial charge in [-0.25, -0.2) is 0 Å². The topological polar surface area (TPSA) is 82.4 Å². The van der Waals surface area contributed by atoms with Crippen LogP contribution in [0.4, 0.5) is 5.69 Å². The van der Waals surface area contributed by atoms with Gasteiger partial charge in [0.2, 0.25) is 12.7 Å². The second-order valence-electron chi connectivity index (χ2n) is 6.03. The van der Waals surface area contributed by atoms with Gasteiger partial charge in [-0.2, -0.15) is 5.26 Å². The maximum atomic E-state index is 9.48. The summed E-state index contributed by atoms with van der Waals surface area (Å²) >= 11 is 0. The Kier molecular flexibility index (Phi) is 3.90. The van der Waals surface area contributed by atoms with E-state index in [0.717, 1.165) is 11.1 Å². The van der Waals surface area contributed by atoms with E-state index in [1.54, 1.807) is 28.8 Å². The summed E-state index contributed by atoms with van der Waals surface area (Å²) in [6.07, 6.45) is 0. The summed E-state index contributed by atoms with van der Waals surface area (Å²) in [5.74, 6) is 2.30. The van der Waals surface area contributed by atoms with Crippen LogP contribution in [0.25, 0.3) is 0 Å². The number of rotatable bonds is 4. The second-order valence-corrected chi connectivity index (χ2v) is 6.03. The first-order valence-electron chi connectivity index (χ1n) is 8.17. The normalized spacial score (nSPS) is 12.0. The Morgan fingerprint density at radius 3 is 2.77 bits per heavy atom. The van der Waals surface area contributed by atoms with Crippen molar-refractivity contribution < 1.29 is 14.2 Å². The van der Waals surface area contributed by atoms with E-state index in [-0.39, 0.29) is 6.79 Å². The number of anilines is 1. The van der Waals surface area contributed by atoms with Crippen LogP contribution in [0.15, 0.2) is 48.5 Å². The monoisotopic (exact) mass is 347 g/mol. The van der Waals surface area contributed by atoms with Crippen LogP contribution < -0.4 is 19.9 Å². The third kappa shape index (κ3) is 2.80. The molecule has 6 heteroatoms. The smallest absolute Gasteiger partial charge is 0.231 e. The average Bonchev–Trinajstić information content (AvgIpc) is 3.22. The van der Waals surface area contributed by atoms with Crippen LogP contribution in [0.1, 0.15) is 16.8 Å². The van der Waals surface area contributed by atoms with Crippen molar-refractivity contribution in [3.05, 3.63) is 65.4 Å². The molecule has 2 N–H and O–H groups in total. The van der Waals surface area contributed by atoms with Crippen LogP contribution in [0, 0.1) is 18.3 Å². The molecule has 2 heterocycles. The highest BCUT2D eigenvalue weighted by Gasteiger charge is 2.19. The van der Waals surface area contributed by atoms with E-state index >= 15 is 0 Å². The van der Waals surface area contributed by atoms with Gasteiger partial charge in [-0.3, -0.25) is 4.57 Å². The van der Waals surface area contributed by atoms with Crippen LogP contribution in [0.5, 0.6) is 23.1 Å². The molecule has 0 spiro atoms. The molecule has 2 aromatic carbocycles. The lowest BCUT2D eigenvalue weighted by molar-refractivity contribution is 0.174. The van der Waals surface area contributed by atoms with Crippen LogP contribution in [-0.4, -0.2) is 11.4 Å². The van der Waals surface area contributed by atoms with Gasteiger partial charge >= 0.3 is 0 Å². The molecule has 0 fully saturated rings. The molecule has 26 heavy (non-hydrogen) atoms. The number of benzene rings is 2. The van der Waals surface area contributed by atoms with Gasteiger partial charge in [0.05, 0.1) is 12.2 Å². The van der Waals surface area contributed by atoms with Crippen molar-refractivity contribution in [2.45, 2.75) is 13.5 Å². The van der Waals surface area contributed by atoms with Crippen LogP contribution in [-0.2, 0) is 6.54 Å². The van der Waals surface area contributed by atoms with Gasteiger partial charge < -0.3 is 19.9 Å². The van der Waals surface area contributed by atoms with Crippen molar-refractivity contribution in [2.75, 3.05) is 12.5 Å². The number of ether oxygens (including phenoxy) is 3. The van der Waals surface area contributed by atoms with Crippen molar-refractivity contribution >= 4 is 5.69 Å². The number of nitrogen functional groups attached to an aromatic ring is 1. The highest BCUT2D eigenvalue weighted by molar-refractivity contribution is 5.57. The number of nitriles is 1. The fraction of sp³-hybridized carbons (Fsp3) is 0.150. The van der Waals surface area contributed by atoms with Gasteiger partial charge in [0.15, 0.2) is 11.5 Å². The van der Waals surface area contributed by atoms with E-state index in [1.165, 1.54) is 0 Å². The zero-order valence-electron chi connectivity index (χ0n) is 14.2. The van der Waals surface area contributed by atoms with Crippen LogP contribution >= 0.6 is 0 Å². The molecule has 6 nitrogen and oxygen atoms in total. The van der Waals surface area contributed by atoms with Gasteiger partial charge in [-0.15, -0.1) is 0 Å². The number of nitrogens with two attached hydrogens (primary N) is 1. The van der Waals surface area contributed by atoms with E-state index in [0.29, 0.717) is 41.1 Å². The molecule has 0 bridgehead atoms.